The normalized spacial score (nSPS) is 29.8. The molecule has 2 fully saturated rings. The fourth-order valence-corrected chi connectivity index (χ4v) is 3.75. The van der Waals surface area contributed by atoms with Gasteiger partial charge in [-0.1, -0.05) is 45.9 Å². The minimum Gasteiger partial charge on any atom is -0.362 e. The van der Waals surface area contributed by atoms with Crippen LogP contribution >= 0.6 is 11.8 Å². The second-order valence-electron chi connectivity index (χ2n) is 7.03. The smallest absolute Gasteiger partial charge is 0.156 e. The molecule has 1 atom stereocenters. The molecule has 1 aliphatic heterocycles. The molecule has 0 bridgehead atoms. The molecule has 0 radical (unpaired) electrons. The topological polar surface area (TPSA) is 24.4 Å². The number of aliphatic imine (C=N–C) groups is 1. The maximum absolute atomic E-state index is 4.88. The summed E-state index contributed by atoms with van der Waals surface area (Å²) in [6, 6.07) is 0.580. The summed E-state index contributed by atoms with van der Waals surface area (Å²) in [6.07, 6.45) is 6.72. The van der Waals surface area contributed by atoms with E-state index in [9.17, 15) is 0 Å². The van der Waals surface area contributed by atoms with E-state index in [2.05, 4.69) is 33.0 Å². The molecular formula is C15H28N2S. The standard InChI is InChI=1S/C15H28N2S/c1-5-15(8-6-9-15)11-16-13-17-12(7-10-18-13)14(2,3)4/h12H,5-11H2,1-4H3,(H,16,17). The van der Waals surface area contributed by atoms with Crippen molar-refractivity contribution in [1.82, 2.24) is 5.32 Å². The van der Waals surface area contributed by atoms with E-state index in [-0.39, 0.29) is 0 Å². The first-order valence-corrected chi connectivity index (χ1v) is 8.38. The van der Waals surface area contributed by atoms with Gasteiger partial charge >= 0.3 is 0 Å². The van der Waals surface area contributed by atoms with Gasteiger partial charge in [0.25, 0.3) is 0 Å². The monoisotopic (exact) mass is 268 g/mol. The van der Waals surface area contributed by atoms with Gasteiger partial charge in [-0.15, -0.1) is 0 Å². The molecule has 104 valence electrons. The molecule has 1 saturated heterocycles. The first-order chi connectivity index (χ1) is 8.45. The minimum atomic E-state index is 0.334. The summed E-state index contributed by atoms with van der Waals surface area (Å²) < 4.78 is 0. The summed E-state index contributed by atoms with van der Waals surface area (Å²) in [5, 5.41) is 4.85. The Balaban J connectivity index is 1.92. The van der Waals surface area contributed by atoms with Crippen molar-refractivity contribution in [3.63, 3.8) is 0 Å². The van der Waals surface area contributed by atoms with E-state index >= 15 is 0 Å². The van der Waals surface area contributed by atoms with E-state index in [0.717, 1.165) is 6.54 Å². The zero-order valence-electron chi connectivity index (χ0n) is 12.4. The molecule has 0 aromatic rings. The number of thioether (sulfide) groups is 1. The van der Waals surface area contributed by atoms with Gasteiger partial charge in [0.15, 0.2) is 5.17 Å². The van der Waals surface area contributed by atoms with E-state index in [0.29, 0.717) is 16.9 Å². The third-order valence-electron chi connectivity index (χ3n) is 4.71. The molecule has 0 amide bonds. The second-order valence-corrected chi connectivity index (χ2v) is 8.11. The maximum atomic E-state index is 4.88. The van der Waals surface area contributed by atoms with Gasteiger partial charge in [-0.2, -0.15) is 0 Å². The Kier molecular flexibility index (Phi) is 4.30. The molecule has 2 aliphatic rings. The predicted molar refractivity (Wildman–Crippen MR) is 82.3 cm³/mol. The highest BCUT2D eigenvalue weighted by atomic mass is 32.2. The van der Waals surface area contributed by atoms with Crippen molar-refractivity contribution in [2.45, 2.75) is 65.8 Å². The van der Waals surface area contributed by atoms with E-state index < -0.39 is 0 Å². The largest absolute Gasteiger partial charge is 0.362 e. The Morgan fingerprint density at radius 3 is 2.61 bits per heavy atom. The average molecular weight is 268 g/mol. The first-order valence-electron chi connectivity index (χ1n) is 7.39. The zero-order valence-corrected chi connectivity index (χ0v) is 13.2. The SMILES string of the molecule is CCC1(CN=C2NC(C(C)(C)C)CCS2)CCC1. The Morgan fingerprint density at radius 1 is 1.39 bits per heavy atom. The van der Waals surface area contributed by atoms with E-state index in [1.165, 1.54) is 43.0 Å². The average Bonchev–Trinajstić information content (AvgIpc) is 2.27. The van der Waals surface area contributed by atoms with Crippen LogP contribution in [0.3, 0.4) is 0 Å². The quantitative estimate of drug-likeness (QED) is 0.834. The van der Waals surface area contributed by atoms with Crippen LogP contribution in [0.1, 0.15) is 59.8 Å². The van der Waals surface area contributed by atoms with Crippen LogP contribution in [0, 0.1) is 10.8 Å². The molecule has 2 nitrogen and oxygen atoms in total. The van der Waals surface area contributed by atoms with Crippen LogP contribution in [0.5, 0.6) is 0 Å². The first kappa shape index (κ1) is 14.2. The molecule has 0 aromatic heterocycles. The number of amidine groups is 1. The highest BCUT2D eigenvalue weighted by Gasteiger charge is 2.35. The van der Waals surface area contributed by atoms with Gasteiger partial charge in [0.2, 0.25) is 0 Å². The number of rotatable bonds is 3. The molecule has 1 heterocycles. The van der Waals surface area contributed by atoms with Gasteiger partial charge in [-0.3, -0.25) is 4.99 Å². The zero-order chi connectivity index (χ0) is 13.2. The highest BCUT2D eigenvalue weighted by Crippen LogP contribution is 2.44. The summed E-state index contributed by atoms with van der Waals surface area (Å²) in [5.41, 5.74) is 0.880. The lowest BCUT2D eigenvalue weighted by atomic mass is 9.67. The van der Waals surface area contributed by atoms with Gasteiger partial charge in [-0.25, -0.2) is 0 Å². The third kappa shape index (κ3) is 3.23. The fraction of sp³-hybridized carbons (Fsp3) is 0.933. The van der Waals surface area contributed by atoms with Crippen molar-refractivity contribution >= 4 is 16.9 Å². The minimum absolute atomic E-state index is 0.334. The molecule has 0 aromatic carbocycles. The van der Waals surface area contributed by atoms with Crippen molar-refractivity contribution in [1.29, 1.82) is 0 Å². The summed E-state index contributed by atoms with van der Waals surface area (Å²) in [4.78, 5) is 4.88. The van der Waals surface area contributed by atoms with Crippen LogP contribution in [0.2, 0.25) is 0 Å². The van der Waals surface area contributed by atoms with Crippen molar-refractivity contribution in [2.75, 3.05) is 12.3 Å². The van der Waals surface area contributed by atoms with Crippen LogP contribution in [0.4, 0.5) is 0 Å². The van der Waals surface area contributed by atoms with E-state index in [1.807, 2.05) is 11.8 Å². The van der Waals surface area contributed by atoms with Crippen molar-refractivity contribution in [3.8, 4) is 0 Å². The predicted octanol–water partition coefficient (Wildman–Crippen LogP) is 4.06. The third-order valence-corrected chi connectivity index (χ3v) is 5.67. The van der Waals surface area contributed by atoms with Crippen molar-refractivity contribution in [3.05, 3.63) is 0 Å². The molecule has 1 aliphatic carbocycles. The van der Waals surface area contributed by atoms with Crippen LogP contribution in [0.25, 0.3) is 0 Å². The summed E-state index contributed by atoms with van der Waals surface area (Å²) in [7, 11) is 0. The maximum Gasteiger partial charge on any atom is 0.156 e. The number of hydrogen-bond donors (Lipinski definition) is 1. The van der Waals surface area contributed by atoms with Crippen molar-refractivity contribution in [2.24, 2.45) is 15.8 Å². The van der Waals surface area contributed by atoms with Gasteiger partial charge in [0.05, 0.1) is 0 Å². The number of hydrogen-bond acceptors (Lipinski definition) is 2. The Morgan fingerprint density at radius 2 is 2.11 bits per heavy atom. The molecule has 1 unspecified atom stereocenters. The lowest BCUT2D eigenvalue weighted by Crippen LogP contribution is -2.46. The molecule has 18 heavy (non-hydrogen) atoms. The second kappa shape index (κ2) is 5.44. The molecule has 3 heteroatoms. The van der Waals surface area contributed by atoms with E-state index in [1.54, 1.807) is 0 Å². The Labute approximate surface area is 116 Å². The van der Waals surface area contributed by atoms with Gasteiger partial charge in [-0.05, 0) is 36.5 Å². The van der Waals surface area contributed by atoms with Gasteiger partial charge < -0.3 is 5.32 Å². The van der Waals surface area contributed by atoms with Gasteiger partial charge in [0.1, 0.15) is 0 Å². The van der Waals surface area contributed by atoms with Crippen LogP contribution in [-0.4, -0.2) is 23.5 Å². The number of nitrogens with one attached hydrogen (secondary N) is 1. The fourth-order valence-electron chi connectivity index (χ4n) is 2.82. The molecule has 0 spiro atoms. The lowest BCUT2D eigenvalue weighted by molar-refractivity contribution is 0.139. The Bertz CT molecular complexity index is 307. The molecule has 1 N–H and O–H groups in total. The summed E-state index contributed by atoms with van der Waals surface area (Å²) >= 11 is 1.91. The molecule has 1 saturated carbocycles. The van der Waals surface area contributed by atoms with Crippen molar-refractivity contribution < 1.29 is 0 Å². The Hall–Kier alpha value is -0.180. The van der Waals surface area contributed by atoms with Crippen LogP contribution in [-0.2, 0) is 0 Å². The van der Waals surface area contributed by atoms with E-state index in [4.69, 9.17) is 4.99 Å². The number of nitrogens with zero attached hydrogens (tertiary/aromatic N) is 1. The summed E-state index contributed by atoms with van der Waals surface area (Å²) in [6.45, 7) is 10.3. The highest BCUT2D eigenvalue weighted by molar-refractivity contribution is 8.13. The lowest BCUT2D eigenvalue weighted by Gasteiger charge is -2.41. The van der Waals surface area contributed by atoms with Crippen LogP contribution < -0.4 is 5.32 Å². The molecular weight excluding hydrogens is 240 g/mol. The van der Waals surface area contributed by atoms with Gasteiger partial charge in [0, 0.05) is 18.3 Å². The molecule has 2 rings (SSSR count). The summed E-state index contributed by atoms with van der Waals surface area (Å²) in [5.74, 6) is 1.22. The van der Waals surface area contributed by atoms with Crippen LogP contribution in [0.15, 0.2) is 4.99 Å².